The van der Waals surface area contributed by atoms with Gasteiger partial charge in [-0.05, 0) is 106 Å². The number of rotatable bonds is 4. The summed E-state index contributed by atoms with van der Waals surface area (Å²) in [5.74, 6) is 1.81. The molecule has 12 rings (SSSR count). The fraction of sp³-hybridized carbons (Fsp3) is 0.0182. The van der Waals surface area contributed by atoms with Gasteiger partial charge in [-0.3, -0.25) is 0 Å². The summed E-state index contributed by atoms with van der Waals surface area (Å²) in [6, 6.07) is 75.9. The molecular weight excluding hydrogens is 677 g/mol. The first-order valence-corrected chi connectivity index (χ1v) is 19.4. The highest BCUT2D eigenvalue weighted by molar-refractivity contribution is 6.13. The van der Waals surface area contributed by atoms with Crippen molar-refractivity contribution in [2.75, 3.05) is 0 Å². The fourth-order valence-corrected chi connectivity index (χ4v) is 10.0. The predicted molar refractivity (Wildman–Crippen MR) is 233 cm³/mol. The molecule has 56 heavy (non-hydrogen) atoms. The van der Waals surface area contributed by atoms with Crippen LogP contribution in [0.25, 0.3) is 76.8 Å². The molecule has 0 saturated carbocycles. The summed E-state index contributed by atoms with van der Waals surface area (Å²) in [5.41, 5.74) is 14.4. The predicted octanol–water partition coefficient (Wildman–Crippen LogP) is 14.6. The van der Waals surface area contributed by atoms with Gasteiger partial charge in [-0.25, -0.2) is 0 Å². The highest BCUT2D eigenvalue weighted by Crippen LogP contribution is 2.59. The van der Waals surface area contributed by atoms with Crippen LogP contribution >= 0.6 is 0 Å². The zero-order valence-electron chi connectivity index (χ0n) is 30.5. The molecule has 10 aromatic rings. The quantitative estimate of drug-likeness (QED) is 0.177. The van der Waals surface area contributed by atoms with Crippen molar-refractivity contribution >= 4 is 32.3 Å². The van der Waals surface area contributed by atoms with E-state index in [1.165, 1.54) is 88.1 Å². The molecule has 0 atom stereocenters. The van der Waals surface area contributed by atoms with Gasteiger partial charge in [0.1, 0.15) is 11.5 Å². The van der Waals surface area contributed by atoms with Crippen LogP contribution in [0.1, 0.15) is 22.3 Å². The number of hydrogen-bond donors (Lipinski definition) is 0. The summed E-state index contributed by atoms with van der Waals surface area (Å²) in [5, 5.41) is 7.41. The Morgan fingerprint density at radius 3 is 1.75 bits per heavy atom. The van der Waals surface area contributed by atoms with Crippen LogP contribution in [0, 0.1) is 0 Å². The van der Waals surface area contributed by atoms with Crippen molar-refractivity contribution in [3.63, 3.8) is 0 Å². The van der Waals surface area contributed by atoms with E-state index in [9.17, 15) is 0 Å². The lowest BCUT2D eigenvalue weighted by atomic mass is 9.67. The van der Waals surface area contributed by atoms with Gasteiger partial charge in [0, 0.05) is 10.9 Å². The maximum atomic E-state index is 6.51. The van der Waals surface area contributed by atoms with E-state index in [1.54, 1.807) is 0 Å². The first kappa shape index (κ1) is 31.2. The third-order valence-corrected chi connectivity index (χ3v) is 12.4. The number of fused-ring (bicyclic) bond motifs is 8. The normalized spacial score (nSPS) is 13.3. The molecule has 260 valence electrons. The van der Waals surface area contributed by atoms with Crippen LogP contribution < -0.4 is 4.74 Å². The molecule has 0 unspecified atom stereocenters. The molecule has 0 N–H and O–H groups in total. The van der Waals surface area contributed by atoms with E-state index in [1.807, 2.05) is 6.07 Å². The summed E-state index contributed by atoms with van der Waals surface area (Å²) < 4.78 is 6.51. The van der Waals surface area contributed by atoms with Crippen LogP contribution in [0.15, 0.2) is 206 Å². The molecule has 1 aliphatic heterocycles. The average Bonchev–Trinajstić information content (AvgIpc) is 3.57. The molecule has 2 aliphatic rings. The van der Waals surface area contributed by atoms with E-state index in [2.05, 4.69) is 200 Å². The molecule has 1 heterocycles. The van der Waals surface area contributed by atoms with Gasteiger partial charge in [0.05, 0.1) is 5.41 Å². The Morgan fingerprint density at radius 2 is 0.929 bits per heavy atom. The Kier molecular flexibility index (Phi) is 6.62. The van der Waals surface area contributed by atoms with E-state index in [4.69, 9.17) is 4.74 Å². The average molecular weight is 711 g/mol. The molecule has 0 radical (unpaired) electrons. The van der Waals surface area contributed by atoms with Gasteiger partial charge >= 0.3 is 0 Å². The zero-order valence-corrected chi connectivity index (χ0v) is 30.5. The third kappa shape index (κ3) is 4.26. The van der Waals surface area contributed by atoms with E-state index in [0.717, 1.165) is 22.4 Å². The van der Waals surface area contributed by atoms with Crippen LogP contribution in [0.4, 0.5) is 0 Å². The van der Waals surface area contributed by atoms with Crippen LogP contribution in [0.3, 0.4) is 0 Å². The molecule has 1 nitrogen and oxygen atoms in total. The minimum Gasteiger partial charge on any atom is -0.456 e. The summed E-state index contributed by atoms with van der Waals surface area (Å²) in [6.07, 6.45) is 0. The van der Waals surface area contributed by atoms with Crippen molar-refractivity contribution in [3.8, 4) is 56.0 Å². The fourth-order valence-electron chi connectivity index (χ4n) is 10.0. The topological polar surface area (TPSA) is 9.23 Å². The molecule has 0 amide bonds. The zero-order chi connectivity index (χ0) is 36.8. The largest absolute Gasteiger partial charge is 0.456 e. The highest BCUT2D eigenvalue weighted by Gasteiger charge is 2.47. The SMILES string of the molecule is c1ccc(C2(c3ccccc3)c3cc(-c4ccc5c6c(cccc46)-c4ccccc4O5)ccc3-c3c2ccc2c(-c4cccc5ccccc45)cccc32)cc1. The van der Waals surface area contributed by atoms with Gasteiger partial charge in [-0.15, -0.1) is 0 Å². The van der Waals surface area contributed by atoms with Crippen LogP contribution in [-0.2, 0) is 5.41 Å². The minimum atomic E-state index is -0.540. The summed E-state index contributed by atoms with van der Waals surface area (Å²) in [6.45, 7) is 0. The second-order valence-corrected chi connectivity index (χ2v) is 15.1. The van der Waals surface area contributed by atoms with Gasteiger partial charge in [-0.1, -0.05) is 188 Å². The van der Waals surface area contributed by atoms with Crippen LogP contribution in [0.5, 0.6) is 11.5 Å². The lowest BCUT2D eigenvalue weighted by Gasteiger charge is -2.34. The Balaban J connectivity index is 1.16. The summed E-state index contributed by atoms with van der Waals surface area (Å²) in [4.78, 5) is 0. The van der Waals surface area contributed by atoms with E-state index in [-0.39, 0.29) is 0 Å². The number of benzene rings is 10. The standard InChI is InChI=1S/C55H34O/c1-3-16-37(17-4-1)55(38-18-5-2-6-19-38)49-32-30-43-42(41-22-11-15-35-14-7-8-20-39(35)41)23-12-25-46(43)53(49)48-29-28-36(34-50(48)55)40-31-33-52-54-45(40)24-13-26-47(54)44-21-9-10-27-51(44)56-52/h1-34H. The molecular formula is C55H34O. The number of hydrogen-bond acceptors (Lipinski definition) is 1. The first-order chi connectivity index (χ1) is 27.8. The lowest BCUT2D eigenvalue weighted by Crippen LogP contribution is -2.28. The van der Waals surface area contributed by atoms with Crippen LogP contribution in [0.2, 0.25) is 0 Å². The van der Waals surface area contributed by atoms with Gasteiger partial charge in [0.25, 0.3) is 0 Å². The van der Waals surface area contributed by atoms with Gasteiger partial charge in [-0.2, -0.15) is 0 Å². The van der Waals surface area contributed by atoms with Crippen molar-refractivity contribution < 1.29 is 4.74 Å². The Hall–Kier alpha value is -7.22. The van der Waals surface area contributed by atoms with E-state index >= 15 is 0 Å². The molecule has 0 fully saturated rings. The van der Waals surface area contributed by atoms with Crippen molar-refractivity contribution in [2.45, 2.75) is 5.41 Å². The number of ether oxygens (including phenoxy) is 1. The number of para-hydroxylation sites is 1. The maximum Gasteiger partial charge on any atom is 0.135 e. The Morgan fingerprint density at radius 1 is 0.321 bits per heavy atom. The smallest absolute Gasteiger partial charge is 0.135 e. The van der Waals surface area contributed by atoms with Gasteiger partial charge < -0.3 is 4.74 Å². The summed E-state index contributed by atoms with van der Waals surface area (Å²) >= 11 is 0. The molecule has 1 aliphatic carbocycles. The first-order valence-electron chi connectivity index (χ1n) is 19.4. The van der Waals surface area contributed by atoms with E-state index in [0.29, 0.717) is 0 Å². The minimum absolute atomic E-state index is 0.540. The molecule has 10 aromatic carbocycles. The molecule has 0 bridgehead atoms. The summed E-state index contributed by atoms with van der Waals surface area (Å²) in [7, 11) is 0. The third-order valence-electron chi connectivity index (χ3n) is 12.4. The Bertz CT molecular complexity index is 3170. The second-order valence-electron chi connectivity index (χ2n) is 15.1. The molecule has 0 aromatic heterocycles. The molecule has 1 heteroatoms. The van der Waals surface area contributed by atoms with Gasteiger partial charge in [0.15, 0.2) is 0 Å². The second kappa shape index (κ2) is 11.9. The lowest BCUT2D eigenvalue weighted by molar-refractivity contribution is 0.487. The maximum absolute atomic E-state index is 6.51. The monoisotopic (exact) mass is 710 g/mol. The van der Waals surface area contributed by atoms with Crippen molar-refractivity contribution in [1.29, 1.82) is 0 Å². The Labute approximate surface area is 325 Å². The molecule has 0 spiro atoms. The highest BCUT2D eigenvalue weighted by atomic mass is 16.5. The van der Waals surface area contributed by atoms with Crippen LogP contribution in [-0.4, -0.2) is 0 Å². The van der Waals surface area contributed by atoms with Crippen molar-refractivity contribution in [3.05, 3.63) is 229 Å². The van der Waals surface area contributed by atoms with E-state index < -0.39 is 5.41 Å². The van der Waals surface area contributed by atoms with Gasteiger partial charge in [0.2, 0.25) is 0 Å². The van der Waals surface area contributed by atoms with Crippen molar-refractivity contribution in [2.24, 2.45) is 0 Å². The molecule has 0 saturated heterocycles. The van der Waals surface area contributed by atoms with Crippen molar-refractivity contribution in [1.82, 2.24) is 0 Å².